The van der Waals surface area contributed by atoms with Gasteiger partial charge in [0.25, 0.3) is 0 Å². The van der Waals surface area contributed by atoms with Gasteiger partial charge in [0.05, 0.1) is 0 Å². The summed E-state index contributed by atoms with van der Waals surface area (Å²) in [5, 5.41) is 0. The predicted octanol–water partition coefficient (Wildman–Crippen LogP) is -0.819. The maximum absolute atomic E-state index is 2.73. The lowest BCUT2D eigenvalue weighted by atomic mass is 10.0. The Bertz CT molecular complexity index is 47.3. The second kappa shape index (κ2) is 5.65. The normalized spacial score (nSPS) is 10.2. The van der Waals surface area contributed by atoms with E-state index in [1.807, 2.05) is 0 Å². The van der Waals surface area contributed by atoms with Crippen molar-refractivity contribution in [3.8, 4) is 0 Å². The summed E-state index contributed by atoms with van der Waals surface area (Å²) < 4.78 is 2.28. The zero-order chi connectivity index (χ0) is 6.41. The third kappa shape index (κ3) is 4.67. The van der Waals surface area contributed by atoms with Gasteiger partial charge in [0.15, 0.2) is 0 Å². The molecular weight excluding hydrogens is 115 g/mol. The van der Waals surface area contributed by atoms with Gasteiger partial charge in [-0.1, -0.05) is 22.0 Å². The molecule has 0 aliphatic rings. The van der Waals surface area contributed by atoms with Gasteiger partial charge in [-0.15, -0.1) is 0 Å². The molecule has 0 heterocycles. The molecule has 0 saturated carbocycles. The van der Waals surface area contributed by atoms with E-state index < -0.39 is 0 Å². The fourth-order valence-corrected chi connectivity index (χ4v) is 1.20. The van der Waals surface area contributed by atoms with Crippen molar-refractivity contribution in [2.75, 3.05) is 13.1 Å². The monoisotopic (exact) mass is 129 g/mol. The average molecular weight is 129 g/mol. The molecule has 4 heteroatoms. The van der Waals surface area contributed by atoms with E-state index >= 15 is 0 Å². The SMILES string of the molecule is BCCN(P)CCB. The molecule has 8 heavy (non-hydrogen) atoms. The number of hydrogen-bond donors (Lipinski definition) is 0. The van der Waals surface area contributed by atoms with Crippen LogP contribution in [-0.2, 0) is 0 Å². The van der Waals surface area contributed by atoms with Gasteiger partial charge in [0.2, 0.25) is 0 Å². The smallest absolute Gasteiger partial charge is 0.103 e. The largest absolute Gasteiger partial charge is 0.289 e. The zero-order valence-corrected chi connectivity index (χ0v) is 7.01. The Labute approximate surface area is 56.3 Å². The number of hydrogen-bond acceptors (Lipinski definition) is 1. The highest BCUT2D eigenvalue weighted by Crippen LogP contribution is 1.98. The summed E-state index contributed by atoms with van der Waals surface area (Å²) in [7, 11) is 7.13. The van der Waals surface area contributed by atoms with E-state index in [0.29, 0.717) is 0 Å². The highest BCUT2D eigenvalue weighted by Gasteiger charge is 1.90. The van der Waals surface area contributed by atoms with Crippen molar-refractivity contribution in [3.05, 3.63) is 0 Å². The standard InChI is InChI=1S/C4H14B2NP/c5-1-3-7(8)4-2-6/h1-6,8H2. The summed E-state index contributed by atoms with van der Waals surface area (Å²) in [6.07, 6.45) is 2.51. The Morgan fingerprint density at radius 2 is 1.50 bits per heavy atom. The first-order valence-corrected chi connectivity index (χ1v) is 3.82. The lowest BCUT2D eigenvalue weighted by molar-refractivity contribution is 0.524. The van der Waals surface area contributed by atoms with Crippen molar-refractivity contribution in [1.82, 2.24) is 4.67 Å². The summed E-state index contributed by atoms with van der Waals surface area (Å²) in [5.41, 5.74) is 0. The van der Waals surface area contributed by atoms with Crippen LogP contribution in [0.2, 0.25) is 12.6 Å². The molecule has 0 rings (SSSR count). The van der Waals surface area contributed by atoms with Crippen molar-refractivity contribution < 1.29 is 0 Å². The van der Waals surface area contributed by atoms with E-state index in [0.717, 1.165) is 0 Å². The van der Waals surface area contributed by atoms with Crippen molar-refractivity contribution in [1.29, 1.82) is 0 Å². The molecule has 0 aromatic carbocycles. The van der Waals surface area contributed by atoms with Crippen molar-refractivity contribution in [2.45, 2.75) is 12.6 Å². The predicted molar refractivity (Wildman–Crippen MR) is 48.0 cm³/mol. The maximum atomic E-state index is 2.73. The van der Waals surface area contributed by atoms with Crippen molar-refractivity contribution in [3.63, 3.8) is 0 Å². The first kappa shape index (κ1) is 8.52. The van der Waals surface area contributed by atoms with E-state index in [9.17, 15) is 0 Å². The third-order valence-electron chi connectivity index (χ3n) is 1.02. The molecule has 0 amide bonds. The van der Waals surface area contributed by atoms with E-state index in [4.69, 9.17) is 0 Å². The van der Waals surface area contributed by atoms with E-state index in [1.54, 1.807) is 0 Å². The summed E-state index contributed by atoms with van der Waals surface area (Å²) in [6.45, 7) is 2.41. The van der Waals surface area contributed by atoms with Crippen LogP contribution >= 0.6 is 9.39 Å². The quantitative estimate of drug-likeness (QED) is 0.354. The van der Waals surface area contributed by atoms with Crippen molar-refractivity contribution in [2.24, 2.45) is 0 Å². The third-order valence-corrected chi connectivity index (χ3v) is 1.54. The zero-order valence-electron chi connectivity index (χ0n) is 5.85. The molecule has 0 bridgehead atoms. The lowest BCUT2D eigenvalue weighted by Gasteiger charge is -2.12. The van der Waals surface area contributed by atoms with Crippen LogP contribution < -0.4 is 0 Å². The fourth-order valence-electron chi connectivity index (χ4n) is 0.686. The Hall–Kier alpha value is 0.520. The topological polar surface area (TPSA) is 3.24 Å². The van der Waals surface area contributed by atoms with Crippen LogP contribution in [0.4, 0.5) is 0 Å². The first-order chi connectivity index (χ1) is 3.81. The minimum Gasteiger partial charge on any atom is -0.289 e. The van der Waals surface area contributed by atoms with Crippen LogP contribution in [0.5, 0.6) is 0 Å². The first-order valence-electron chi connectivity index (χ1n) is 3.30. The van der Waals surface area contributed by atoms with Crippen LogP contribution in [0.15, 0.2) is 0 Å². The Balaban J connectivity index is 2.92. The molecule has 0 N–H and O–H groups in total. The molecule has 0 fully saturated rings. The van der Waals surface area contributed by atoms with Gasteiger partial charge in [-0.25, -0.2) is 0 Å². The molecule has 1 atom stereocenters. The molecule has 0 aromatic rings. The molecule has 0 aromatic heterocycles. The average Bonchev–Trinajstić information content (AvgIpc) is 1.68. The molecule has 0 saturated heterocycles. The van der Waals surface area contributed by atoms with Gasteiger partial charge in [0.1, 0.15) is 15.7 Å². The van der Waals surface area contributed by atoms with Crippen molar-refractivity contribution >= 4 is 25.1 Å². The van der Waals surface area contributed by atoms with Gasteiger partial charge in [-0.05, 0) is 13.1 Å². The second-order valence-corrected chi connectivity index (χ2v) is 2.77. The number of nitrogens with zero attached hydrogens (tertiary/aromatic N) is 1. The van der Waals surface area contributed by atoms with E-state index in [-0.39, 0.29) is 0 Å². The minimum absolute atomic E-state index is 1.21. The van der Waals surface area contributed by atoms with Crippen LogP contribution in [0, 0.1) is 0 Å². The molecule has 1 nitrogen and oxygen atoms in total. The molecule has 0 aliphatic carbocycles. The molecule has 0 spiro atoms. The van der Waals surface area contributed by atoms with Gasteiger partial charge in [-0.3, -0.25) is 4.67 Å². The van der Waals surface area contributed by atoms with E-state index in [1.165, 1.54) is 25.7 Å². The highest BCUT2D eigenvalue weighted by atomic mass is 31.0. The molecular formula is C4H14B2NP. The highest BCUT2D eigenvalue weighted by molar-refractivity contribution is 7.13. The molecule has 46 valence electrons. The van der Waals surface area contributed by atoms with Crippen LogP contribution in [0.25, 0.3) is 0 Å². The van der Waals surface area contributed by atoms with Gasteiger partial charge in [0, 0.05) is 0 Å². The summed E-state index contributed by atoms with van der Waals surface area (Å²) >= 11 is 0. The van der Waals surface area contributed by atoms with Gasteiger partial charge >= 0.3 is 0 Å². The minimum atomic E-state index is 1.21. The van der Waals surface area contributed by atoms with E-state index in [2.05, 4.69) is 29.8 Å². The van der Waals surface area contributed by atoms with Gasteiger partial charge in [-0.2, -0.15) is 0 Å². The van der Waals surface area contributed by atoms with Gasteiger partial charge < -0.3 is 0 Å². The lowest BCUT2D eigenvalue weighted by Crippen LogP contribution is -2.13. The summed E-state index contributed by atoms with van der Waals surface area (Å²) in [6, 6.07) is 0. The maximum Gasteiger partial charge on any atom is 0.103 e. The number of rotatable bonds is 4. The Morgan fingerprint density at radius 3 is 1.75 bits per heavy atom. The summed E-state index contributed by atoms with van der Waals surface area (Å²) in [5.74, 6) is 0. The van der Waals surface area contributed by atoms with Crippen LogP contribution in [-0.4, -0.2) is 33.5 Å². The molecule has 0 radical (unpaired) electrons. The molecule has 0 aliphatic heterocycles. The van der Waals surface area contributed by atoms with Crippen LogP contribution in [0.3, 0.4) is 0 Å². The Morgan fingerprint density at radius 1 is 1.12 bits per heavy atom. The fraction of sp³-hybridized carbons (Fsp3) is 1.00. The Kier molecular flexibility index (Phi) is 6.02. The van der Waals surface area contributed by atoms with Crippen LogP contribution in [0.1, 0.15) is 0 Å². The second-order valence-electron chi connectivity index (χ2n) is 2.04. The molecule has 1 unspecified atom stereocenters. The summed E-state index contributed by atoms with van der Waals surface area (Å²) in [4.78, 5) is 0.